The number of alkyl halides is 3. The number of carbonyl (C=O) groups is 1. The van der Waals surface area contributed by atoms with Gasteiger partial charge in [-0.25, -0.2) is 8.42 Å². The minimum absolute atomic E-state index is 0.0139. The van der Waals surface area contributed by atoms with Gasteiger partial charge < -0.3 is 10.1 Å². The molecule has 3 rings (SSSR count). The molecule has 0 radical (unpaired) electrons. The molecule has 0 spiro atoms. The molecule has 6 nitrogen and oxygen atoms in total. The number of carbonyl (C=O) groups excluding carboxylic acids is 1. The maximum atomic E-state index is 13.7. The lowest BCUT2D eigenvalue weighted by Crippen LogP contribution is -2.38. The molecular formula is C23H18Cl3F3N2O4S. The third-order valence-corrected chi connectivity index (χ3v) is 7.44. The van der Waals surface area contributed by atoms with Gasteiger partial charge in [0.05, 0.1) is 29.1 Å². The van der Waals surface area contributed by atoms with Gasteiger partial charge in [-0.1, -0.05) is 40.9 Å². The predicted octanol–water partition coefficient (Wildman–Crippen LogP) is 6.82. The van der Waals surface area contributed by atoms with Crippen LogP contribution in [0.5, 0.6) is 5.75 Å². The van der Waals surface area contributed by atoms with E-state index < -0.39 is 34.2 Å². The number of halogens is 6. The van der Waals surface area contributed by atoms with Gasteiger partial charge in [0.15, 0.2) is 0 Å². The molecule has 192 valence electrons. The Kier molecular flexibility index (Phi) is 8.34. The summed E-state index contributed by atoms with van der Waals surface area (Å²) in [5.74, 6) is -0.956. The Morgan fingerprint density at radius 3 is 2.22 bits per heavy atom. The van der Waals surface area contributed by atoms with E-state index in [9.17, 15) is 26.4 Å². The average Bonchev–Trinajstić information content (AvgIpc) is 2.77. The van der Waals surface area contributed by atoms with Gasteiger partial charge in [0.1, 0.15) is 17.2 Å². The number of anilines is 2. The van der Waals surface area contributed by atoms with Crippen LogP contribution in [-0.2, 0) is 21.0 Å². The number of aryl methyl sites for hydroxylation is 1. The molecule has 0 aromatic heterocycles. The number of benzene rings is 3. The summed E-state index contributed by atoms with van der Waals surface area (Å²) in [6, 6.07) is 10.8. The molecule has 0 aliphatic heterocycles. The van der Waals surface area contributed by atoms with Crippen molar-refractivity contribution in [2.24, 2.45) is 0 Å². The molecular weight excluding hydrogens is 564 g/mol. The Balaban J connectivity index is 2.06. The number of nitrogens with one attached hydrogen (secondary N) is 1. The Morgan fingerprint density at radius 1 is 1.00 bits per heavy atom. The van der Waals surface area contributed by atoms with E-state index in [-0.39, 0.29) is 37.1 Å². The second kappa shape index (κ2) is 10.8. The summed E-state index contributed by atoms with van der Waals surface area (Å²) in [7, 11) is -3.18. The fourth-order valence-corrected chi connectivity index (χ4v) is 5.55. The topological polar surface area (TPSA) is 75.7 Å². The van der Waals surface area contributed by atoms with E-state index in [2.05, 4.69) is 5.32 Å². The lowest BCUT2D eigenvalue weighted by atomic mass is 10.2. The molecule has 3 aromatic rings. The highest BCUT2D eigenvalue weighted by Crippen LogP contribution is 2.35. The zero-order valence-corrected chi connectivity index (χ0v) is 21.7. The molecule has 0 aliphatic rings. The van der Waals surface area contributed by atoms with Gasteiger partial charge in [0.25, 0.3) is 10.0 Å². The number of hydrogen-bond acceptors (Lipinski definition) is 4. The molecule has 1 amide bonds. The molecule has 0 bridgehead atoms. The molecule has 0 saturated carbocycles. The maximum Gasteiger partial charge on any atom is 0.416 e. The molecule has 1 N–H and O–H groups in total. The summed E-state index contributed by atoms with van der Waals surface area (Å²) >= 11 is 18.1. The summed E-state index contributed by atoms with van der Waals surface area (Å²) in [6.07, 6.45) is -4.68. The van der Waals surface area contributed by atoms with Crippen molar-refractivity contribution in [2.75, 3.05) is 23.3 Å². The molecule has 0 aliphatic carbocycles. The van der Waals surface area contributed by atoms with Gasteiger partial charge in [0.2, 0.25) is 5.91 Å². The summed E-state index contributed by atoms with van der Waals surface area (Å²) in [6.45, 7) is 0.823. The van der Waals surface area contributed by atoms with Crippen LogP contribution < -0.4 is 14.4 Å². The first-order valence-corrected chi connectivity index (χ1v) is 12.6. The van der Waals surface area contributed by atoms with Crippen molar-refractivity contribution in [3.05, 3.63) is 80.8 Å². The number of sulfonamides is 1. The van der Waals surface area contributed by atoms with E-state index in [1.807, 2.05) is 0 Å². The first-order valence-electron chi connectivity index (χ1n) is 10.0. The van der Waals surface area contributed by atoms with Crippen LogP contribution in [0.1, 0.15) is 11.1 Å². The smallest absolute Gasteiger partial charge is 0.416 e. The Bertz CT molecular complexity index is 1400. The van der Waals surface area contributed by atoms with Crippen LogP contribution in [0, 0.1) is 6.92 Å². The summed E-state index contributed by atoms with van der Waals surface area (Å²) in [5.41, 5.74) is -0.844. The van der Waals surface area contributed by atoms with Gasteiger partial charge in [-0.3, -0.25) is 9.10 Å². The molecule has 36 heavy (non-hydrogen) atoms. The van der Waals surface area contributed by atoms with Crippen molar-refractivity contribution in [1.82, 2.24) is 0 Å². The molecule has 0 unspecified atom stereocenters. The molecule has 3 aromatic carbocycles. The molecule has 0 atom stereocenters. The SMILES string of the molecule is COc1ccc(C)cc1S(=O)(=O)N(CC(=O)Nc1cc(C(F)(F)F)ccc1Cl)c1cc(Cl)cc(Cl)c1. The van der Waals surface area contributed by atoms with Gasteiger partial charge in [-0.05, 0) is 61.0 Å². The standard InChI is InChI=1S/C23H18Cl3F3N2O4S/c1-13-3-6-20(35-2)21(7-13)36(33,34)31(17-10-15(24)9-16(25)11-17)12-22(32)30-19-8-14(23(27,28)29)4-5-18(19)26/h3-11H,12H2,1-2H3,(H,30,32). The average molecular weight is 582 g/mol. The zero-order valence-electron chi connectivity index (χ0n) is 18.7. The maximum absolute atomic E-state index is 13.7. The molecule has 0 fully saturated rings. The van der Waals surface area contributed by atoms with Crippen LogP contribution >= 0.6 is 34.8 Å². The van der Waals surface area contributed by atoms with Crippen LogP contribution in [0.2, 0.25) is 15.1 Å². The molecule has 0 saturated heterocycles. The first-order chi connectivity index (χ1) is 16.7. The predicted molar refractivity (Wildman–Crippen MR) is 134 cm³/mol. The number of methoxy groups -OCH3 is 1. The van der Waals surface area contributed by atoms with Crippen LogP contribution in [0.25, 0.3) is 0 Å². The Labute approximate surface area is 220 Å². The van der Waals surface area contributed by atoms with E-state index in [1.54, 1.807) is 13.0 Å². The highest BCUT2D eigenvalue weighted by molar-refractivity contribution is 7.93. The highest BCUT2D eigenvalue weighted by atomic mass is 35.5. The number of hydrogen-bond donors (Lipinski definition) is 1. The Morgan fingerprint density at radius 2 is 1.64 bits per heavy atom. The van der Waals surface area contributed by atoms with Crippen molar-refractivity contribution in [3.63, 3.8) is 0 Å². The quantitative estimate of drug-likeness (QED) is 0.332. The second-order valence-electron chi connectivity index (χ2n) is 7.53. The Hall–Kier alpha value is -2.66. The van der Waals surface area contributed by atoms with Gasteiger partial charge in [-0.15, -0.1) is 0 Å². The largest absolute Gasteiger partial charge is 0.495 e. The fourth-order valence-electron chi connectivity index (χ4n) is 3.22. The number of nitrogens with zero attached hydrogens (tertiary/aromatic N) is 1. The highest BCUT2D eigenvalue weighted by Gasteiger charge is 2.33. The molecule has 13 heteroatoms. The third kappa shape index (κ3) is 6.36. The lowest BCUT2D eigenvalue weighted by Gasteiger charge is -2.25. The van der Waals surface area contributed by atoms with Gasteiger partial charge in [0, 0.05) is 10.0 Å². The minimum atomic E-state index is -4.68. The van der Waals surface area contributed by atoms with E-state index in [0.717, 1.165) is 16.4 Å². The van der Waals surface area contributed by atoms with E-state index >= 15 is 0 Å². The van der Waals surface area contributed by atoms with Crippen LogP contribution in [0.3, 0.4) is 0 Å². The van der Waals surface area contributed by atoms with E-state index in [1.165, 1.54) is 37.4 Å². The summed E-state index contributed by atoms with van der Waals surface area (Å²) in [5, 5.41) is 2.26. The monoisotopic (exact) mass is 580 g/mol. The van der Waals surface area contributed by atoms with Crippen molar-refractivity contribution in [3.8, 4) is 5.75 Å². The first kappa shape index (κ1) is 27.9. The van der Waals surface area contributed by atoms with Gasteiger partial charge in [-0.2, -0.15) is 13.2 Å². The van der Waals surface area contributed by atoms with E-state index in [4.69, 9.17) is 39.5 Å². The zero-order chi connectivity index (χ0) is 26.8. The number of ether oxygens (including phenoxy) is 1. The number of amides is 1. The normalized spacial score (nSPS) is 11.8. The lowest BCUT2D eigenvalue weighted by molar-refractivity contribution is -0.137. The fraction of sp³-hybridized carbons (Fsp3) is 0.174. The number of rotatable bonds is 7. The second-order valence-corrected chi connectivity index (χ2v) is 10.6. The summed E-state index contributed by atoms with van der Waals surface area (Å²) in [4.78, 5) is 12.7. The van der Waals surface area contributed by atoms with Crippen molar-refractivity contribution in [1.29, 1.82) is 0 Å². The van der Waals surface area contributed by atoms with Gasteiger partial charge >= 0.3 is 6.18 Å². The molecule has 0 heterocycles. The minimum Gasteiger partial charge on any atom is -0.495 e. The van der Waals surface area contributed by atoms with Crippen LogP contribution in [0.15, 0.2) is 59.5 Å². The summed E-state index contributed by atoms with van der Waals surface area (Å²) < 4.78 is 72.7. The third-order valence-electron chi connectivity index (χ3n) is 4.88. The van der Waals surface area contributed by atoms with Crippen LogP contribution in [-0.4, -0.2) is 28.0 Å². The van der Waals surface area contributed by atoms with E-state index in [0.29, 0.717) is 11.6 Å². The van der Waals surface area contributed by atoms with Crippen molar-refractivity contribution >= 4 is 62.1 Å². The van der Waals surface area contributed by atoms with Crippen LogP contribution in [0.4, 0.5) is 24.5 Å². The van der Waals surface area contributed by atoms with Crippen molar-refractivity contribution in [2.45, 2.75) is 18.0 Å². The van der Waals surface area contributed by atoms with Crippen molar-refractivity contribution < 1.29 is 31.1 Å².